The molecule has 2 heterocycles. The number of hydrogen-bond donors (Lipinski definition) is 1. The third-order valence-corrected chi connectivity index (χ3v) is 3.23. The molecule has 76 valence electrons. The predicted octanol–water partition coefficient (Wildman–Crippen LogP) is 1.78. The van der Waals surface area contributed by atoms with E-state index in [9.17, 15) is 0 Å². The van der Waals surface area contributed by atoms with Gasteiger partial charge in [0.15, 0.2) is 4.77 Å². The van der Waals surface area contributed by atoms with Gasteiger partial charge >= 0.3 is 0 Å². The molecule has 0 bridgehead atoms. The summed E-state index contributed by atoms with van der Waals surface area (Å²) in [5.74, 6) is 1.79. The van der Waals surface area contributed by atoms with Crippen LogP contribution >= 0.6 is 12.2 Å². The van der Waals surface area contributed by atoms with E-state index < -0.39 is 0 Å². The Kier molecular flexibility index (Phi) is 1.95. The fourth-order valence-corrected chi connectivity index (χ4v) is 2.31. The monoisotopic (exact) mass is 211 g/mol. The molecule has 1 unspecified atom stereocenters. The first kappa shape index (κ1) is 8.61. The zero-order valence-corrected chi connectivity index (χ0v) is 8.72. The van der Waals surface area contributed by atoms with Gasteiger partial charge in [-0.25, -0.2) is 0 Å². The van der Waals surface area contributed by atoms with Crippen molar-refractivity contribution in [2.75, 3.05) is 13.2 Å². The highest BCUT2D eigenvalue weighted by molar-refractivity contribution is 7.71. The van der Waals surface area contributed by atoms with E-state index in [1.165, 1.54) is 12.8 Å². The van der Waals surface area contributed by atoms with Gasteiger partial charge in [0.1, 0.15) is 5.82 Å². The van der Waals surface area contributed by atoms with Crippen molar-refractivity contribution in [1.82, 2.24) is 14.8 Å². The summed E-state index contributed by atoms with van der Waals surface area (Å²) in [4.78, 5) is 0. The van der Waals surface area contributed by atoms with Gasteiger partial charge in [0.25, 0.3) is 0 Å². The summed E-state index contributed by atoms with van der Waals surface area (Å²) in [6.07, 6.45) is 3.58. The Bertz CT molecular complexity index is 387. The van der Waals surface area contributed by atoms with Crippen molar-refractivity contribution in [1.29, 1.82) is 0 Å². The number of nitrogens with zero attached hydrogens (tertiary/aromatic N) is 2. The topological polar surface area (TPSA) is 42.8 Å². The standard InChI is InChI=1S/C9H13N3OS/c14-9-11-10-8(6-1-2-6)12(9)7-3-4-13-5-7/h6-7H,1-5H2,(H,11,14). The van der Waals surface area contributed by atoms with Crippen molar-refractivity contribution in [2.24, 2.45) is 0 Å². The molecule has 1 aromatic rings. The van der Waals surface area contributed by atoms with Crippen LogP contribution in [-0.2, 0) is 4.74 Å². The molecule has 1 atom stereocenters. The zero-order chi connectivity index (χ0) is 9.54. The van der Waals surface area contributed by atoms with Gasteiger partial charge in [0.05, 0.1) is 12.6 Å². The Morgan fingerprint density at radius 3 is 2.93 bits per heavy atom. The van der Waals surface area contributed by atoms with Gasteiger partial charge in [0.2, 0.25) is 0 Å². The zero-order valence-electron chi connectivity index (χ0n) is 7.90. The summed E-state index contributed by atoms with van der Waals surface area (Å²) in [6, 6.07) is 0.414. The molecule has 2 fully saturated rings. The SMILES string of the molecule is S=c1[nH]nc(C2CC2)n1C1CCOC1. The first-order valence-electron chi connectivity index (χ1n) is 5.11. The highest BCUT2D eigenvalue weighted by atomic mass is 32.1. The lowest BCUT2D eigenvalue weighted by Crippen LogP contribution is -2.12. The minimum atomic E-state index is 0.414. The van der Waals surface area contributed by atoms with Crippen LogP contribution in [0.15, 0.2) is 0 Å². The van der Waals surface area contributed by atoms with Crippen molar-refractivity contribution < 1.29 is 4.74 Å². The lowest BCUT2D eigenvalue weighted by atomic mass is 10.2. The molecule has 1 aromatic heterocycles. The Morgan fingerprint density at radius 2 is 2.29 bits per heavy atom. The van der Waals surface area contributed by atoms with E-state index in [4.69, 9.17) is 17.0 Å². The lowest BCUT2D eigenvalue weighted by Gasteiger charge is -2.11. The number of hydrogen-bond acceptors (Lipinski definition) is 3. The Hall–Kier alpha value is -0.680. The maximum absolute atomic E-state index is 5.38. The summed E-state index contributed by atoms with van der Waals surface area (Å²) in [5.41, 5.74) is 0. The van der Waals surface area contributed by atoms with Gasteiger partial charge in [-0.2, -0.15) is 5.10 Å². The third kappa shape index (κ3) is 1.31. The van der Waals surface area contributed by atoms with E-state index in [0.29, 0.717) is 12.0 Å². The Balaban J connectivity index is 2.00. The van der Waals surface area contributed by atoms with Gasteiger partial charge in [0, 0.05) is 12.5 Å². The fraction of sp³-hybridized carbons (Fsp3) is 0.778. The van der Waals surface area contributed by atoms with Gasteiger partial charge in [-0.05, 0) is 31.5 Å². The number of ether oxygens (including phenoxy) is 1. The molecule has 0 amide bonds. The van der Waals surface area contributed by atoms with E-state index >= 15 is 0 Å². The molecule has 1 aliphatic heterocycles. The van der Waals surface area contributed by atoms with Crippen molar-refractivity contribution in [3.63, 3.8) is 0 Å². The average Bonchev–Trinajstić information content (AvgIpc) is 2.75. The third-order valence-electron chi connectivity index (χ3n) is 2.95. The molecule has 1 saturated carbocycles. The number of H-pyrrole nitrogens is 1. The highest BCUT2D eigenvalue weighted by Crippen LogP contribution is 2.40. The van der Waals surface area contributed by atoms with Gasteiger partial charge in [-0.15, -0.1) is 0 Å². The lowest BCUT2D eigenvalue weighted by molar-refractivity contribution is 0.186. The van der Waals surface area contributed by atoms with Crippen molar-refractivity contribution in [3.8, 4) is 0 Å². The van der Waals surface area contributed by atoms with E-state index in [1.807, 2.05) is 0 Å². The summed E-state index contributed by atoms with van der Waals surface area (Å²) in [6.45, 7) is 1.63. The molecular weight excluding hydrogens is 198 g/mol. The molecule has 5 heteroatoms. The van der Waals surface area contributed by atoms with Crippen LogP contribution in [-0.4, -0.2) is 28.0 Å². The number of nitrogens with one attached hydrogen (secondary N) is 1. The Labute approximate surface area is 87.3 Å². The normalized spacial score (nSPS) is 27.0. The van der Waals surface area contributed by atoms with Gasteiger partial charge in [-0.3, -0.25) is 9.67 Å². The first-order valence-corrected chi connectivity index (χ1v) is 5.51. The maximum Gasteiger partial charge on any atom is 0.195 e. The molecule has 3 rings (SSSR count). The van der Waals surface area contributed by atoms with Crippen LogP contribution < -0.4 is 0 Å². The van der Waals surface area contributed by atoms with Crippen molar-refractivity contribution >= 4 is 12.2 Å². The molecule has 0 radical (unpaired) electrons. The van der Waals surface area contributed by atoms with E-state index in [1.54, 1.807) is 0 Å². The summed E-state index contributed by atoms with van der Waals surface area (Å²) < 4.78 is 8.30. The minimum absolute atomic E-state index is 0.414. The fourth-order valence-electron chi connectivity index (χ4n) is 2.02. The van der Waals surface area contributed by atoms with Crippen LogP contribution in [0, 0.1) is 4.77 Å². The second-order valence-electron chi connectivity index (χ2n) is 4.05. The number of rotatable bonds is 2. The summed E-state index contributed by atoms with van der Waals surface area (Å²) in [5, 5.41) is 7.21. The molecular formula is C9H13N3OS. The second kappa shape index (κ2) is 3.17. The Morgan fingerprint density at radius 1 is 1.43 bits per heavy atom. The predicted molar refractivity (Wildman–Crippen MR) is 53.9 cm³/mol. The van der Waals surface area contributed by atoms with Crippen molar-refractivity contribution in [2.45, 2.75) is 31.2 Å². The number of aromatic nitrogens is 3. The van der Waals surface area contributed by atoms with Crippen LogP contribution in [0.3, 0.4) is 0 Å². The molecule has 4 nitrogen and oxygen atoms in total. The second-order valence-corrected chi connectivity index (χ2v) is 4.44. The van der Waals surface area contributed by atoms with Crippen LogP contribution in [0.5, 0.6) is 0 Å². The minimum Gasteiger partial charge on any atom is -0.379 e. The quantitative estimate of drug-likeness (QED) is 0.758. The van der Waals surface area contributed by atoms with E-state index in [2.05, 4.69) is 14.8 Å². The molecule has 14 heavy (non-hydrogen) atoms. The van der Waals surface area contributed by atoms with Gasteiger partial charge in [-0.1, -0.05) is 0 Å². The molecule has 2 aliphatic rings. The first-order chi connectivity index (χ1) is 6.86. The largest absolute Gasteiger partial charge is 0.379 e. The average molecular weight is 211 g/mol. The van der Waals surface area contributed by atoms with Crippen LogP contribution in [0.2, 0.25) is 0 Å². The molecule has 1 aliphatic carbocycles. The number of aromatic amines is 1. The molecule has 1 N–H and O–H groups in total. The van der Waals surface area contributed by atoms with Crippen LogP contribution in [0.1, 0.15) is 37.0 Å². The van der Waals surface area contributed by atoms with E-state index in [-0.39, 0.29) is 0 Å². The smallest absolute Gasteiger partial charge is 0.195 e. The van der Waals surface area contributed by atoms with Crippen molar-refractivity contribution in [3.05, 3.63) is 10.6 Å². The molecule has 0 aromatic carbocycles. The maximum atomic E-state index is 5.38. The van der Waals surface area contributed by atoms with Gasteiger partial charge < -0.3 is 4.74 Å². The molecule has 0 spiro atoms. The molecule has 1 saturated heterocycles. The van der Waals surface area contributed by atoms with E-state index in [0.717, 1.165) is 30.2 Å². The van der Waals surface area contributed by atoms with Crippen LogP contribution in [0.25, 0.3) is 0 Å². The van der Waals surface area contributed by atoms with Crippen LogP contribution in [0.4, 0.5) is 0 Å². The highest BCUT2D eigenvalue weighted by Gasteiger charge is 2.32. The summed E-state index contributed by atoms with van der Waals surface area (Å²) >= 11 is 5.25. The summed E-state index contributed by atoms with van der Waals surface area (Å²) in [7, 11) is 0.